The summed E-state index contributed by atoms with van der Waals surface area (Å²) >= 11 is 0. The minimum Gasteiger partial charge on any atom is -0.316 e. The Morgan fingerprint density at radius 1 is 1.25 bits per heavy atom. The van der Waals surface area contributed by atoms with Crippen LogP contribution in [-0.4, -0.2) is 13.1 Å². The normalized spacial score (nSPS) is 22.8. The molecular weight excluding hydrogens is 146 g/mol. The fraction of sp³-hybridized carbons (Fsp3) is 1.00. The predicted octanol–water partition coefficient (Wildman–Crippen LogP) is 2.67. The van der Waals surface area contributed by atoms with E-state index in [0.29, 0.717) is 6.04 Å². The first-order valence-corrected chi connectivity index (χ1v) is 5.32. The third kappa shape index (κ3) is 2.78. The molecule has 0 aromatic rings. The molecule has 72 valence electrons. The Kier molecular flexibility index (Phi) is 3.57. The highest BCUT2D eigenvalue weighted by molar-refractivity contribution is 4.82. The smallest absolute Gasteiger partial charge is 0.0113 e. The Morgan fingerprint density at radius 2 is 1.83 bits per heavy atom. The lowest BCUT2D eigenvalue weighted by Gasteiger charge is -2.27. The highest BCUT2D eigenvalue weighted by Gasteiger charge is 2.27. The summed E-state index contributed by atoms with van der Waals surface area (Å²) in [7, 11) is 2.09. The lowest BCUT2D eigenvalue weighted by molar-refractivity contribution is 0.292. The van der Waals surface area contributed by atoms with Gasteiger partial charge in [-0.25, -0.2) is 0 Å². The summed E-state index contributed by atoms with van der Waals surface area (Å²) in [6.07, 6.45) is 4.40. The molecule has 0 aromatic carbocycles. The minimum atomic E-state index is 0.714. The molecule has 1 nitrogen and oxygen atoms in total. The van der Waals surface area contributed by atoms with Gasteiger partial charge >= 0.3 is 0 Å². The molecule has 1 aliphatic carbocycles. The van der Waals surface area contributed by atoms with E-state index in [1.807, 2.05) is 0 Å². The van der Waals surface area contributed by atoms with Crippen molar-refractivity contribution in [2.45, 2.75) is 46.1 Å². The molecule has 0 aromatic heterocycles. The first-order valence-electron chi connectivity index (χ1n) is 5.32. The molecule has 1 fully saturated rings. The molecular formula is C11H23N. The standard InChI is InChI=1S/C11H23N/c1-8(2)11(12-4)9(3)7-10-5-6-10/h8-12H,5-7H2,1-4H3. The SMILES string of the molecule is CNC(C(C)C)C(C)CC1CC1. The van der Waals surface area contributed by atoms with E-state index in [0.717, 1.165) is 17.8 Å². The Bertz CT molecular complexity index is 127. The number of hydrogen-bond donors (Lipinski definition) is 1. The Balaban J connectivity index is 2.29. The van der Waals surface area contributed by atoms with Crippen molar-refractivity contribution in [3.05, 3.63) is 0 Å². The molecule has 1 aliphatic rings. The summed E-state index contributed by atoms with van der Waals surface area (Å²) in [5.41, 5.74) is 0. The predicted molar refractivity (Wildman–Crippen MR) is 54.2 cm³/mol. The van der Waals surface area contributed by atoms with E-state index >= 15 is 0 Å². The van der Waals surface area contributed by atoms with Gasteiger partial charge < -0.3 is 5.32 Å². The Hall–Kier alpha value is -0.0400. The highest BCUT2D eigenvalue weighted by Crippen LogP contribution is 2.36. The molecule has 0 saturated heterocycles. The van der Waals surface area contributed by atoms with Gasteiger partial charge in [0.1, 0.15) is 0 Å². The van der Waals surface area contributed by atoms with Gasteiger partial charge in [0.05, 0.1) is 0 Å². The minimum absolute atomic E-state index is 0.714. The fourth-order valence-electron chi connectivity index (χ4n) is 2.30. The molecule has 12 heavy (non-hydrogen) atoms. The summed E-state index contributed by atoms with van der Waals surface area (Å²) in [4.78, 5) is 0. The third-order valence-electron chi connectivity index (χ3n) is 3.07. The van der Waals surface area contributed by atoms with E-state index in [9.17, 15) is 0 Å². The van der Waals surface area contributed by atoms with Gasteiger partial charge in [0.15, 0.2) is 0 Å². The van der Waals surface area contributed by atoms with Gasteiger partial charge in [-0.15, -0.1) is 0 Å². The van der Waals surface area contributed by atoms with Crippen molar-refractivity contribution in [3.8, 4) is 0 Å². The maximum absolute atomic E-state index is 3.43. The van der Waals surface area contributed by atoms with Gasteiger partial charge in [0, 0.05) is 6.04 Å². The zero-order valence-electron chi connectivity index (χ0n) is 8.93. The van der Waals surface area contributed by atoms with Crippen LogP contribution in [0.25, 0.3) is 0 Å². The van der Waals surface area contributed by atoms with Crippen LogP contribution in [0.4, 0.5) is 0 Å². The van der Waals surface area contributed by atoms with Crippen LogP contribution >= 0.6 is 0 Å². The van der Waals surface area contributed by atoms with E-state index < -0.39 is 0 Å². The monoisotopic (exact) mass is 169 g/mol. The van der Waals surface area contributed by atoms with Crippen LogP contribution in [0, 0.1) is 17.8 Å². The lowest BCUT2D eigenvalue weighted by atomic mass is 9.88. The molecule has 0 heterocycles. The van der Waals surface area contributed by atoms with Gasteiger partial charge in [0.2, 0.25) is 0 Å². The van der Waals surface area contributed by atoms with E-state index in [-0.39, 0.29) is 0 Å². The van der Waals surface area contributed by atoms with Crippen LogP contribution in [0.3, 0.4) is 0 Å². The van der Waals surface area contributed by atoms with Crippen LogP contribution < -0.4 is 5.32 Å². The second-order valence-corrected chi connectivity index (χ2v) is 4.71. The van der Waals surface area contributed by atoms with Crippen molar-refractivity contribution in [1.29, 1.82) is 0 Å². The van der Waals surface area contributed by atoms with Crippen molar-refractivity contribution in [3.63, 3.8) is 0 Å². The van der Waals surface area contributed by atoms with Crippen LogP contribution in [0.5, 0.6) is 0 Å². The highest BCUT2D eigenvalue weighted by atomic mass is 14.9. The average Bonchev–Trinajstić information content (AvgIpc) is 2.71. The molecule has 1 heteroatoms. The fourth-order valence-corrected chi connectivity index (χ4v) is 2.30. The zero-order valence-corrected chi connectivity index (χ0v) is 8.93. The average molecular weight is 169 g/mol. The van der Waals surface area contributed by atoms with Gasteiger partial charge in [-0.1, -0.05) is 33.6 Å². The molecule has 1 rings (SSSR count). The first-order chi connectivity index (χ1) is 5.65. The van der Waals surface area contributed by atoms with Crippen LogP contribution in [0.1, 0.15) is 40.0 Å². The van der Waals surface area contributed by atoms with Crippen molar-refractivity contribution in [1.82, 2.24) is 5.32 Å². The van der Waals surface area contributed by atoms with E-state index in [1.54, 1.807) is 0 Å². The molecule has 0 bridgehead atoms. The van der Waals surface area contributed by atoms with Crippen LogP contribution in [0.15, 0.2) is 0 Å². The number of rotatable bonds is 5. The van der Waals surface area contributed by atoms with Crippen molar-refractivity contribution < 1.29 is 0 Å². The molecule has 0 radical (unpaired) electrons. The second-order valence-electron chi connectivity index (χ2n) is 4.71. The second kappa shape index (κ2) is 4.27. The van der Waals surface area contributed by atoms with Crippen molar-refractivity contribution in [2.24, 2.45) is 17.8 Å². The molecule has 1 N–H and O–H groups in total. The molecule has 0 amide bonds. The number of hydrogen-bond acceptors (Lipinski definition) is 1. The quantitative estimate of drug-likeness (QED) is 0.667. The molecule has 0 aliphatic heterocycles. The molecule has 2 atom stereocenters. The Labute approximate surface area is 76.9 Å². The third-order valence-corrected chi connectivity index (χ3v) is 3.07. The molecule has 0 spiro atoms. The van der Waals surface area contributed by atoms with E-state index in [1.165, 1.54) is 19.3 Å². The zero-order chi connectivity index (χ0) is 9.14. The summed E-state index contributed by atoms with van der Waals surface area (Å²) in [5.74, 6) is 2.68. The number of nitrogens with one attached hydrogen (secondary N) is 1. The van der Waals surface area contributed by atoms with Gasteiger partial charge in [-0.2, -0.15) is 0 Å². The summed E-state index contributed by atoms with van der Waals surface area (Å²) < 4.78 is 0. The summed E-state index contributed by atoms with van der Waals surface area (Å²) in [6.45, 7) is 7.01. The lowest BCUT2D eigenvalue weighted by Crippen LogP contribution is -2.37. The van der Waals surface area contributed by atoms with Crippen LogP contribution in [0.2, 0.25) is 0 Å². The summed E-state index contributed by atoms with van der Waals surface area (Å²) in [5, 5.41) is 3.43. The van der Waals surface area contributed by atoms with Gasteiger partial charge in [-0.3, -0.25) is 0 Å². The van der Waals surface area contributed by atoms with Crippen molar-refractivity contribution >= 4 is 0 Å². The van der Waals surface area contributed by atoms with Gasteiger partial charge in [-0.05, 0) is 31.2 Å². The van der Waals surface area contributed by atoms with E-state index in [4.69, 9.17) is 0 Å². The van der Waals surface area contributed by atoms with Gasteiger partial charge in [0.25, 0.3) is 0 Å². The summed E-state index contributed by atoms with van der Waals surface area (Å²) in [6, 6.07) is 0.714. The topological polar surface area (TPSA) is 12.0 Å². The van der Waals surface area contributed by atoms with Crippen LogP contribution in [-0.2, 0) is 0 Å². The largest absolute Gasteiger partial charge is 0.316 e. The molecule has 1 saturated carbocycles. The maximum atomic E-state index is 3.43. The maximum Gasteiger partial charge on any atom is 0.0113 e. The van der Waals surface area contributed by atoms with Crippen molar-refractivity contribution in [2.75, 3.05) is 7.05 Å². The van der Waals surface area contributed by atoms with E-state index in [2.05, 4.69) is 33.1 Å². The molecule has 2 unspecified atom stereocenters. The first kappa shape index (κ1) is 10.0. The Morgan fingerprint density at radius 3 is 2.17 bits per heavy atom.